The van der Waals surface area contributed by atoms with Gasteiger partial charge < -0.3 is 19.3 Å². The van der Waals surface area contributed by atoms with Crippen LogP contribution < -0.4 is 9.64 Å². The SMILES string of the molecule is [2H]C1([2H])N(C(=O)OC(C)(C)C)C([2H])([2H])C([2H])([2H])N(c2ccc(OC)c(Br)c2)C1([2H])[2H]. The number of carbonyl (C=O) groups is 1. The lowest BCUT2D eigenvalue weighted by atomic mass is 10.2. The molecule has 0 atom stereocenters. The quantitative estimate of drug-likeness (QED) is 0.789. The average molecular weight is 379 g/mol. The molecule has 122 valence electrons. The van der Waals surface area contributed by atoms with E-state index >= 15 is 0 Å². The number of methoxy groups -OCH3 is 1. The summed E-state index contributed by atoms with van der Waals surface area (Å²) in [7, 11) is 1.40. The lowest BCUT2D eigenvalue weighted by Gasteiger charge is -2.36. The highest BCUT2D eigenvalue weighted by atomic mass is 79.9. The minimum atomic E-state index is -3.31. The molecule has 1 fully saturated rings. The third-order valence-corrected chi connectivity index (χ3v) is 3.14. The summed E-state index contributed by atoms with van der Waals surface area (Å²) in [5, 5.41) is 0. The number of piperazine rings is 1. The molecule has 1 aliphatic rings. The van der Waals surface area contributed by atoms with Crippen LogP contribution in [0.2, 0.25) is 0 Å². The molecule has 0 aliphatic carbocycles. The molecule has 0 bridgehead atoms. The van der Waals surface area contributed by atoms with E-state index in [-0.39, 0.29) is 10.6 Å². The standard InChI is InChI=1S/C16H23BrN2O3/c1-16(2,3)22-15(20)19-9-7-18(8-10-19)12-5-6-14(21-4)13(17)11-12/h5-6,11H,7-10H2,1-4H3/i7D2,8D2,9D2,10D2. The topological polar surface area (TPSA) is 42.0 Å². The molecule has 0 unspecified atom stereocenters. The van der Waals surface area contributed by atoms with Gasteiger partial charge in [0.25, 0.3) is 0 Å². The Bertz CT molecular complexity index is 816. The fourth-order valence-corrected chi connectivity index (χ4v) is 2.11. The first-order chi connectivity index (χ1) is 13.3. The number of amides is 1. The molecule has 0 spiro atoms. The molecule has 0 N–H and O–H groups in total. The molecule has 1 amide bonds. The number of nitrogens with zero attached hydrogens (tertiary/aromatic N) is 2. The van der Waals surface area contributed by atoms with Crippen LogP contribution in [-0.2, 0) is 4.74 Å². The van der Waals surface area contributed by atoms with Crippen LogP contribution in [0.25, 0.3) is 0 Å². The zero-order chi connectivity index (χ0) is 23.5. The average Bonchev–Trinajstić information content (AvgIpc) is 2.51. The van der Waals surface area contributed by atoms with E-state index in [0.29, 0.717) is 15.1 Å². The Morgan fingerprint density at radius 1 is 1.27 bits per heavy atom. The van der Waals surface area contributed by atoms with Crippen molar-refractivity contribution in [1.29, 1.82) is 0 Å². The Morgan fingerprint density at radius 2 is 1.91 bits per heavy atom. The fraction of sp³-hybridized carbons (Fsp3) is 0.562. The number of halogens is 1. The van der Waals surface area contributed by atoms with Gasteiger partial charge in [0, 0.05) is 31.7 Å². The molecule has 6 heteroatoms. The molecule has 1 heterocycles. The molecule has 1 aromatic rings. The summed E-state index contributed by atoms with van der Waals surface area (Å²) in [6.45, 7) is -8.56. The zero-order valence-corrected chi connectivity index (χ0v) is 14.3. The normalized spacial score (nSPS) is 30.2. The summed E-state index contributed by atoms with van der Waals surface area (Å²) in [4.78, 5) is 12.9. The second kappa shape index (κ2) is 6.77. The minimum absolute atomic E-state index is 0.139. The molecular formula is C16H23BrN2O3. The van der Waals surface area contributed by atoms with Crippen molar-refractivity contribution in [3.8, 4) is 5.75 Å². The first kappa shape index (κ1) is 9.01. The Hall–Kier alpha value is -1.43. The highest BCUT2D eigenvalue weighted by Crippen LogP contribution is 2.30. The predicted molar refractivity (Wildman–Crippen MR) is 90.7 cm³/mol. The third-order valence-electron chi connectivity index (χ3n) is 2.52. The van der Waals surface area contributed by atoms with Crippen LogP contribution in [0.15, 0.2) is 22.7 Å². The van der Waals surface area contributed by atoms with E-state index in [1.165, 1.54) is 46.1 Å². The number of rotatable bonds is 2. The van der Waals surface area contributed by atoms with Crippen LogP contribution in [-0.4, -0.2) is 49.7 Å². The molecule has 22 heavy (non-hydrogen) atoms. The molecule has 1 aliphatic heterocycles. The maximum Gasteiger partial charge on any atom is 0.410 e. The summed E-state index contributed by atoms with van der Waals surface area (Å²) in [5.74, 6) is 0.360. The second-order valence-corrected chi connectivity index (χ2v) is 6.27. The number of ether oxygens (including phenoxy) is 2. The van der Waals surface area contributed by atoms with Crippen LogP contribution in [0, 0.1) is 0 Å². The maximum absolute atomic E-state index is 12.6. The van der Waals surface area contributed by atoms with Gasteiger partial charge in [0.2, 0.25) is 0 Å². The van der Waals surface area contributed by atoms with Crippen molar-refractivity contribution in [3.63, 3.8) is 0 Å². The molecule has 0 saturated carbocycles. The minimum Gasteiger partial charge on any atom is -0.496 e. The van der Waals surface area contributed by atoms with Gasteiger partial charge >= 0.3 is 6.09 Å². The number of anilines is 1. The van der Waals surface area contributed by atoms with Crippen molar-refractivity contribution >= 4 is 27.7 Å². The highest BCUT2D eigenvalue weighted by Gasteiger charge is 2.26. The van der Waals surface area contributed by atoms with Crippen molar-refractivity contribution < 1.29 is 25.2 Å². The summed E-state index contributed by atoms with van der Waals surface area (Å²) in [6.07, 6.45) is -1.51. The van der Waals surface area contributed by atoms with Gasteiger partial charge in [-0.1, -0.05) is 0 Å². The van der Waals surface area contributed by atoms with Gasteiger partial charge in [-0.25, -0.2) is 4.79 Å². The van der Waals surface area contributed by atoms with Gasteiger partial charge in [0.05, 0.1) is 22.5 Å². The zero-order valence-electron chi connectivity index (χ0n) is 20.7. The molecule has 1 saturated heterocycles. The summed E-state index contributed by atoms with van der Waals surface area (Å²) < 4.78 is 77.3. The Labute approximate surface area is 151 Å². The van der Waals surface area contributed by atoms with Crippen LogP contribution in [0.4, 0.5) is 10.5 Å². The van der Waals surface area contributed by atoms with Gasteiger partial charge in [0.1, 0.15) is 11.4 Å². The van der Waals surface area contributed by atoms with Gasteiger partial charge in [-0.2, -0.15) is 0 Å². The molecule has 0 aromatic heterocycles. The van der Waals surface area contributed by atoms with Crippen LogP contribution >= 0.6 is 15.9 Å². The Morgan fingerprint density at radius 3 is 2.41 bits per heavy atom. The molecule has 1 aromatic carbocycles. The fourth-order valence-electron chi connectivity index (χ4n) is 1.58. The molecule has 0 radical (unpaired) electrons. The van der Waals surface area contributed by atoms with E-state index in [4.69, 9.17) is 20.4 Å². The maximum atomic E-state index is 12.6. The van der Waals surface area contributed by atoms with Gasteiger partial charge in [-0.3, -0.25) is 0 Å². The van der Waals surface area contributed by atoms with E-state index in [9.17, 15) is 4.79 Å². The van der Waals surface area contributed by atoms with E-state index in [1.54, 1.807) is 0 Å². The summed E-state index contributed by atoms with van der Waals surface area (Å²) >= 11 is 3.21. The lowest BCUT2D eigenvalue weighted by Crippen LogP contribution is -2.50. The number of hydrogen-bond acceptors (Lipinski definition) is 4. The smallest absolute Gasteiger partial charge is 0.410 e. The van der Waals surface area contributed by atoms with E-state index in [0.717, 1.165) is 0 Å². The number of hydrogen-bond donors (Lipinski definition) is 0. The van der Waals surface area contributed by atoms with Crippen LogP contribution in [0.5, 0.6) is 5.75 Å². The number of benzene rings is 1. The van der Waals surface area contributed by atoms with Gasteiger partial charge in [-0.05, 0) is 54.9 Å². The van der Waals surface area contributed by atoms with Crippen molar-refractivity contribution in [3.05, 3.63) is 22.7 Å². The van der Waals surface area contributed by atoms with E-state index in [2.05, 4.69) is 15.9 Å². The van der Waals surface area contributed by atoms with Gasteiger partial charge in [-0.15, -0.1) is 0 Å². The van der Waals surface area contributed by atoms with Crippen molar-refractivity contribution in [2.75, 3.05) is 38.0 Å². The molecule has 5 nitrogen and oxygen atoms in total. The van der Waals surface area contributed by atoms with Crippen LogP contribution in [0.1, 0.15) is 31.7 Å². The van der Waals surface area contributed by atoms with Crippen molar-refractivity contribution in [1.82, 2.24) is 4.90 Å². The van der Waals surface area contributed by atoms with Crippen molar-refractivity contribution in [2.24, 2.45) is 0 Å². The Kier molecular flexibility index (Phi) is 2.77. The molecular weight excluding hydrogens is 348 g/mol. The van der Waals surface area contributed by atoms with E-state index in [1.807, 2.05) is 0 Å². The largest absolute Gasteiger partial charge is 0.496 e. The number of carbonyl (C=O) groups excluding carboxylic acids is 1. The van der Waals surface area contributed by atoms with Crippen molar-refractivity contribution in [2.45, 2.75) is 26.4 Å². The highest BCUT2D eigenvalue weighted by molar-refractivity contribution is 9.10. The van der Waals surface area contributed by atoms with E-state index < -0.39 is 37.7 Å². The lowest BCUT2D eigenvalue weighted by molar-refractivity contribution is 0.0240. The first-order valence-electron chi connectivity index (χ1n) is 10.5. The molecule has 2 rings (SSSR count). The second-order valence-electron chi connectivity index (χ2n) is 5.42. The van der Waals surface area contributed by atoms with Gasteiger partial charge in [0.15, 0.2) is 0 Å². The first-order valence-corrected chi connectivity index (χ1v) is 7.29. The Balaban J connectivity index is 2.71. The summed E-state index contributed by atoms with van der Waals surface area (Å²) in [6, 6.07) is 3.95. The predicted octanol–water partition coefficient (Wildman–Crippen LogP) is 3.51. The summed E-state index contributed by atoms with van der Waals surface area (Å²) in [5.41, 5.74) is -1.30. The van der Waals surface area contributed by atoms with Crippen LogP contribution in [0.3, 0.4) is 0 Å². The third kappa shape index (κ3) is 4.29. The monoisotopic (exact) mass is 378 g/mol.